The SMILES string of the molecule is CCC(C)[NH][Hf+]([C]1=CC=CC1)[SiH](C)C.CCC(C)[NH][Hf+]([C]1=CC=CC1)[SiH](C)C.[Cl-].[Cl-]. The predicted molar refractivity (Wildman–Crippen MR) is 127 cm³/mol. The monoisotopic (exact) mass is 822 g/mol. The van der Waals surface area contributed by atoms with Crippen molar-refractivity contribution in [3.8, 4) is 0 Å². The first-order valence-electron chi connectivity index (χ1n) is 11.3. The number of halogens is 2. The second kappa shape index (κ2) is 19.0. The molecule has 0 bridgehead atoms. The summed E-state index contributed by atoms with van der Waals surface area (Å²) in [5.41, 5.74) is 0. The van der Waals surface area contributed by atoms with E-state index in [-0.39, 0.29) is 24.8 Å². The molecule has 0 aliphatic heterocycles. The van der Waals surface area contributed by atoms with Crippen molar-refractivity contribution < 1.29 is 66.6 Å². The molecule has 0 saturated heterocycles. The molecule has 0 aromatic carbocycles. The van der Waals surface area contributed by atoms with Gasteiger partial charge in [-0.1, -0.05) is 0 Å². The molecule has 2 aliphatic rings. The van der Waals surface area contributed by atoms with Gasteiger partial charge in [-0.25, -0.2) is 0 Å². The Balaban J connectivity index is 0. The molecule has 2 nitrogen and oxygen atoms in total. The van der Waals surface area contributed by atoms with Crippen molar-refractivity contribution >= 4 is 12.0 Å². The number of rotatable bonds is 10. The van der Waals surface area contributed by atoms with E-state index >= 15 is 0 Å². The van der Waals surface area contributed by atoms with Gasteiger partial charge in [-0.15, -0.1) is 0 Å². The molecule has 8 heteroatoms. The Morgan fingerprint density at radius 2 is 1.10 bits per heavy atom. The molecule has 172 valence electrons. The molecule has 2 N–H and O–H groups in total. The maximum Gasteiger partial charge on any atom is -1.00 e. The van der Waals surface area contributed by atoms with Crippen LogP contribution in [0, 0.1) is 0 Å². The van der Waals surface area contributed by atoms with Crippen LogP contribution >= 0.6 is 0 Å². The number of hydrogen-bond acceptors (Lipinski definition) is 2. The molecule has 30 heavy (non-hydrogen) atoms. The molecule has 0 aromatic heterocycles. The summed E-state index contributed by atoms with van der Waals surface area (Å²) in [6.07, 6.45) is 19.0. The fourth-order valence-corrected chi connectivity index (χ4v) is 47.8. The molecule has 2 atom stereocenters. The number of nitrogens with one attached hydrogen (secondary N) is 2. The summed E-state index contributed by atoms with van der Waals surface area (Å²) in [6.45, 7) is 19.3. The fourth-order valence-electron chi connectivity index (χ4n) is 3.29. The molecular formula is C22H44Cl2Hf2N2Si2. The summed E-state index contributed by atoms with van der Waals surface area (Å²) >= 11 is -3.03. The van der Waals surface area contributed by atoms with Crippen LogP contribution in [0.5, 0.6) is 0 Å². The molecule has 2 aliphatic carbocycles. The van der Waals surface area contributed by atoms with Crippen LogP contribution in [0.3, 0.4) is 0 Å². The van der Waals surface area contributed by atoms with Crippen molar-refractivity contribution in [3.05, 3.63) is 43.1 Å². The maximum atomic E-state index is 3.97. The van der Waals surface area contributed by atoms with Crippen LogP contribution in [0.15, 0.2) is 43.1 Å². The molecule has 2 unspecified atom stereocenters. The Bertz CT molecular complexity index is 531. The zero-order valence-electron chi connectivity index (χ0n) is 20.4. The second-order valence-corrected chi connectivity index (χ2v) is 60.3. The Kier molecular flexibility index (Phi) is 21.4. The van der Waals surface area contributed by atoms with Gasteiger partial charge in [0.1, 0.15) is 0 Å². The van der Waals surface area contributed by atoms with Gasteiger partial charge < -0.3 is 24.8 Å². The molecule has 2 rings (SSSR count). The third-order valence-electron chi connectivity index (χ3n) is 5.42. The van der Waals surface area contributed by atoms with E-state index in [1.165, 1.54) is 25.7 Å². The molecule has 0 aromatic rings. The van der Waals surface area contributed by atoms with Crippen LogP contribution in [-0.4, -0.2) is 24.1 Å². The van der Waals surface area contributed by atoms with E-state index in [9.17, 15) is 0 Å². The van der Waals surface area contributed by atoms with Crippen molar-refractivity contribution in [2.24, 2.45) is 0 Å². The first kappa shape index (κ1) is 33.8. The predicted octanol–water partition coefficient (Wildman–Crippen LogP) is -0.522. The summed E-state index contributed by atoms with van der Waals surface area (Å²) in [5.74, 6) is -0.830. The fraction of sp³-hybridized carbons (Fsp3) is 0.636. The van der Waals surface area contributed by atoms with Crippen molar-refractivity contribution in [2.75, 3.05) is 0 Å². The van der Waals surface area contributed by atoms with E-state index < -0.39 is 53.8 Å². The van der Waals surface area contributed by atoms with E-state index in [1.54, 1.807) is 0 Å². The van der Waals surface area contributed by atoms with E-state index in [0.717, 1.165) is 12.1 Å². The third kappa shape index (κ3) is 12.8. The zero-order chi connectivity index (χ0) is 21.1. The van der Waals surface area contributed by atoms with Crippen LogP contribution in [0.25, 0.3) is 0 Å². The second-order valence-electron chi connectivity index (χ2n) is 8.69. The van der Waals surface area contributed by atoms with Crippen molar-refractivity contribution in [1.82, 2.24) is 6.61 Å². The van der Waals surface area contributed by atoms with Gasteiger partial charge in [0.15, 0.2) is 0 Å². The van der Waals surface area contributed by atoms with Gasteiger partial charge in [0.2, 0.25) is 0 Å². The van der Waals surface area contributed by atoms with Crippen molar-refractivity contribution in [2.45, 2.75) is 91.6 Å². The van der Waals surface area contributed by atoms with E-state index in [0.29, 0.717) is 0 Å². The Labute approximate surface area is 217 Å². The van der Waals surface area contributed by atoms with Gasteiger partial charge in [0.05, 0.1) is 0 Å². The summed E-state index contributed by atoms with van der Waals surface area (Å²) in [7, 11) is 0. The van der Waals surface area contributed by atoms with Crippen LogP contribution in [0.2, 0.25) is 26.2 Å². The molecule has 0 spiro atoms. The minimum atomic E-state index is -1.52. The van der Waals surface area contributed by atoms with Crippen molar-refractivity contribution in [1.29, 1.82) is 0 Å². The Hall–Kier alpha value is 1.63. The Morgan fingerprint density at radius 1 is 0.767 bits per heavy atom. The summed E-state index contributed by atoms with van der Waals surface area (Å²) in [4.78, 5) is 0. The zero-order valence-corrected chi connectivity index (χ0v) is 31.4. The molecule has 0 saturated carbocycles. The van der Waals surface area contributed by atoms with Crippen LogP contribution in [0.4, 0.5) is 0 Å². The average molecular weight is 821 g/mol. The smallest absolute Gasteiger partial charge is 1.00 e. The minimum absolute atomic E-state index is 0. The normalized spacial score (nSPS) is 16.2. The first-order chi connectivity index (χ1) is 13.3. The molecule has 0 radical (unpaired) electrons. The van der Waals surface area contributed by atoms with E-state index in [1.807, 2.05) is 6.66 Å². The van der Waals surface area contributed by atoms with Gasteiger partial charge in [-0.3, -0.25) is 0 Å². The average Bonchev–Trinajstić information content (AvgIpc) is 3.37. The van der Waals surface area contributed by atoms with Gasteiger partial charge in [0.25, 0.3) is 0 Å². The molecular weight excluding hydrogens is 776 g/mol. The minimum Gasteiger partial charge on any atom is -1.00 e. The Morgan fingerprint density at radius 3 is 1.30 bits per heavy atom. The van der Waals surface area contributed by atoms with Crippen LogP contribution in [-0.2, 0) is 41.8 Å². The van der Waals surface area contributed by atoms with Crippen molar-refractivity contribution in [3.63, 3.8) is 0 Å². The largest absolute Gasteiger partial charge is 1.00 e. The molecule has 0 heterocycles. The number of allylic oxidation sites excluding steroid dienone is 8. The third-order valence-corrected chi connectivity index (χ3v) is 54.8. The first-order valence-corrected chi connectivity index (χ1v) is 36.7. The quantitative estimate of drug-likeness (QED) is 0.291. The van der Waals surface area contributed by atoms with Gasteiger partial charge in [0, 0.05) is 0 Å². The standard InChI is InChI=1S/2C5H5.2C4H10N.2C2H7Si.2ClH.2Hf/c2*1-2-4-5-3-1;2*1-3-4(2)5;2*1-3-2;;;;/h2*1-3H,4H2;2*4-5H,3H2,1-2H3;2*3H,1-2H3;2*1H;;/q;;2*-1;;;;;2*+2/p-2. The molecule has 0 fully saturated rings. The molecule has 0 amide bonds. The topological polar surface area (TPSA) is 24.1 Å². The van der Waals surface area contributed by atoms with Crippen LogP contribution in [0.1, 0.15) is 53.4 Å². The van der Waals surface area contributed by atoms with Gasteiger partial charge >= 0.3 is 195 Å². The summed E-state index contributed by atoms with van der Waals surface area (Å²) in [6, 6.07) is 1.49. The number of hydrogen-bond donors (Lipinski definition) is 2. The summed E-state index contributed by atoms with van der Waals surface area (Å²) < 4.78 is 11.6. The van der Waals surface area contributed by atoms with Gasteiger partial charge in [-0.05, 0) is 0 Å². The van der Waals surface area contributed by atoms with E-state index in [2.05, 4.69) is 96.9 Å². The summed E-state index contributed by atoms with van der Waals surface area (Å²) in [5, 5.41) is 0. The van der Waals surface area contributed by atoms with Crippen LogP contribution < -0.4 is 31.4 Å². The van der Waals surface area contributed by atoms with E-state index in [4.69, 9.17) is 0 Å². The maximum absolute atomic E-state index is 3.97. The van der Waals surface area contributed by atoms with Gasteiger partial charge in [-0.2, -0.15) is 0 Å².